The van der Waals surface area contributed by atoms with E-state index in [1.807, 2.05) is 29.6 Å². The van der Waals surface area contributed by atoms with Gasteiger partial charge in [-0.15, -0.1) is 11.3 Å². The Hall–Kier alpha value is -2.88. The summed E-state index contributed by atoms with van der Waals surface area (Å²) in [6.07, 6.45) is 0.651. The van der Waals surface area contributed by atoms with Crippen LogP contribution in [0.15, 0.2) is 58.8 Å². The standard InChI is InChI=1S/C24H26N2O5S2/c1-4-25-33(28,29)18-8-5-7-17(13-18)24(27)26-11-10-16-14-20(30-2)21(31-3)15-19(16)23(26)22-9-6-12-32-22/h5-9,12-15,23,25H,4,10-11H2,1-3H3. The number of fused-ring (bicyclic) bond motifs is 1. The van der Waals surface area contributed by atoms with Gasteiger partial charge >= 0.3 is 0 Å². The maximum Gasteiger partial charge on any atom is 0.254 e. The number of hydrogen-bond acceptors (Lipinski definition) is 6. The van der Waals surface area contributed by atoms with Crippen LogP contribution in [0.25, 0.3) is 0 Å². The molecule has 1 aliphatic heterocycles. The average molecular weight is 487 g/mol. The molecule has 0 radical (unpaired) electrons. The van der Waals surface area contributed by atoms with E-state index in [9.17, 15) is 13.2 Å². The van der Waals surface area contributed by atoms with Gasteiger partial charge in [0, 0.05) is 23.5 Å². The molecule has 2 aromatic carbocycles. The zero-order valence-electron chi connectivity index (χ0n) is 18.7. The fourth-order valence-corrected chi connectivity index (χ4v) is 6.09. The summed E-state index contributed by atoms with van der Waals surface area (Å²) in [5, 5.41) is 1.98. The van der Waals surface area contributed by atoms with Crippen LogP contribution in [0.2, 0.25) is 0 Å². The summed E-state index contributed by atoms with van der Waals surface area (Å²) in [7, 11) is -0.473. The lowest BCUT2D eigenvalue weighted by molar-refractivity contribution is 0.0696. The van der Waals surface area contributed by atoms with Crippen LogP contribution in [-0.2, 0) is 16.4 Å². The Labute approximate surface area is 198 Å². The molecule has 1 aliphatic rings. The van der Waals surface area contributed by atoms with Crippen LogP contribution < -0.4 is 14.2 Å². The lowest BCUT2D eigenvalue weighted by Crippen LogP contribution is -2.40. The molecule has 0 saturated carbocycles. The van der Waals surface area contributed by atoms with Crippen molar-refractivity contribution in [3.05, 3.63) is 75.5 Å². The van der Waals surface area contributed by atoms with Crippen LogP contribution in [0.5, 0.6) is 11.5 Å². The third-order valence-corrected chi connectivity index (χ3v) is 8.14. The normalized spacial score (nSPS) is 15.7. The highest BCUT2D eigenvalue weighted by atomic mass is 32.2. The number of rotatable bonds is 7. The molecule has 1 atom stereocenters. The van der Waals surface area contributed by atoms with E-state index in [0.29, 0.717) is 30.0 Å². The van der Waals surface area contributed by atoms with E-state index in [4.69, 9.17) is 9.47 Å². The molecule has 4 rings (SSSR count). The molecule has 1 unspecified atom stereocenters. The molecule has 2 heterocycles. The van der Waals surface area contributed by atoms with E-state index in [1.54, 1.807) is 49.5 Å². The second-order valence-corrected chi connectivity index (χ2v) is 10.3. The van der Waals surface area contributed by atoms with Crippen molar-refractivity contribution >= 4 is 27.3 Å². The molecule has 1 N–H and O–H groups in total. The molecular formula is C24H26N2O5S2. The number of benzene rings is 2. The van der Waals surface area contributed by atoms with Gasteiger partial charge in [-0.25, -0.2) is 13.1 Å². The zero-order valence-corrected chi connectivity index (χ0v) is 20.3. The molecule has 174 valence electrons. The topological polar surface area (TPSA) is 84.9 Å². The van der Waals surface area contributed by atoms with E-state index in [2.05, 4.69) is 4.72 Å². The van der Waals surface area contributed by atoms with Crippen LogP contribution in [0.4, 0.5) is 0 Å². The summed E-state index contributed by atoms with van der Waals surface area (Å²) >= 11 is 1.57. The quantitative estimate of drug-likeness (QED) is 0.548. The van der Waals surface area contributed by atoms with Crippen LogP contribution in [0.3, 0.4) is 0 Å². The van der Waals surface area contributed by atoms with Crippen molar-refractivity contribution in [2.24, 2.45) is 0 Å². The second-order valence-electron chi connectivity index (χ2n) is 7.60. The van der Waals surface area contributed by atoms with Gasteiger partial charge in [-0.05, 0) is 59.3 Å². The molecular weight excluding hydrogens is 460 g/mol. The van der Waals surface area contributed by atoms with Crippen LogP contribution in [0, 0.1) is 0 Å². The number of carbonyl (C=O) groups excluding carboxylic acids is 1. The monoisotopic (exact) mass is 486 g/mol. The van der Waals surface area contributed by atoms with Gasteiger partial charge in [0.15, 0.2) is 11.5 Å². The molecule has 0 saturated heterocycles. The van der Waals surface area contributed by atoms with Crippen molar-refractivity contribution in [1.29, 1.82) is 0 Å². The SMILES string of the molecule is CCNS(=O)(=O)c1cccc(C(=O)N2CCc3cc(OC)c(OC)cc3C2c2cccs2)c1. The number of ether oxygens (including phenoxy) is 2. The summed E-state index contributed by atoms with van der Waals surface area (Å²) in [5.74, 6) is 1.04. The summed E-state index contributed by atoms with van der Waals surface area (Å²) in [6, 6.07) is 13.8. The Kier molecular flexibility index (Phi) is 6.73. The number of methoxy groups -OCH3 is 2. The third kappa shape index (κ3) is 4.48. The predicted octanol–water partition coefficient (Wildman–Crippen LogP) is 3.85. The van der Waals surface area contributed by atoms with Gasteiger partial charge < -0.3 is 14.4 Å². The Morgan fingerprint density at radius 1 is 1.12 bits per heavy atom. The minimum Gasteiger partial charge on any atom is -0.493 e. The first-order valence-electron chi connectivity index (χ1n) is 10.6. The Bertz CT molecular complexity index is 1260. The summed E-state index contributed by atoms with van der Waals surface area (Å²) in [4.78, 5) is 16.6. The first-order chi connectivity index (χ1) is 15.9. The van der Waals surface area contributed by atoms with Gasteiger partial charge in [-0.3, -0.25) is 4.79 Å². The highest BCUT2D eigenvalue weighted by Crippen LogP contribution is 2.42. The fourth-order valence-electron chi connectivity index (χ4n) is 4.15. The van der Waals surface area contributed by atoms with E-state index in [0.717, 1.165) is 16.0 Å². The molecule has 0 spiro atoms. The van der Waals surface area contributed by atoms with Gasteiger partial charge in [0.05, 0.1) is 25.2 Å². The number of sulfonamides is 1. The van der Waals surface area contributed by atoms with Crippen molar-refractivity contribution in [1.82, 2.24) is 9.62 Å². The van der Waals surface area contributed by atoms with Crippen molar-refractivity contribution in [2.75, 3.05) is 27.3 Å². The highest BCUT2D eigenvalue weighted by Gasteiger charge is 2.34. The van der Waals surface area contributed by atoms with E-state index >= 15 is 0 Å². The van der Waals surface area contributed by atoms with Gasteiger partial charge in [0.2, 0.25) is 10.0 Å². The first kappa shape index (κ1) is 23.3. The summed E-state index contributed by atoms with van der Waals surface area (Å²) in [5.41, 5.74) is 2.41. The lowest BCUT2D eigenvalue weighted by atomic mass is 9.90. The van der Waals surface area contributed by atoms with E-state index < -0.39 is 10.0 Å². The summed E-state index contributed by atoms with van der Waals surface area (Å²) in [6.45, 7) is 2.48. The fraction of sp³-hybridized carbons (Fsp3) is 0.292. The molecule has 7 nitrogen and oxygen atoms in total. The molecule has 9 heteroatoms. The van der Waals surface area contributed by atoms with Crippen LogP contribution >= 0.6 is 11.3 Å². The number of thiophene rings is 1. The number of amides is 1. The van der Waals surface area contributed by atoms with Gasteiger partial charge in [-0.2, -0.15) is 0 Å². The second kappa shape index (κ2) is 9.54. The molecule has 3 aromatic rings. The number of hydrogen-bond donors (Lipinski definition) is 1. The largest absolute Gasteiger partial charge is 0.493 e. The lowest BCUT2D eigenvalue weighted by Gasteiger charge is -2.37. The van der Waals surface area contributed by atoms with Crippen LogP contribution in [-0.4, -0.2) is 46.5 Å². The minimum atomic E-state index is -3.67. The van der Waals surface area contributed by atoms with Crippen molar-refractivity contribution in [2.45, 2.75) is 24.3 Å². The van der Waals surface area contributed by atoms with Gasteiger partial charge in [0.1, 0.15) is 0 Å². The molecule has 0 bridgehead atoms. The third-order valence-electron chi connectivity index (χ3n) is 5.67. The number of nitrogens with zero attached hydrogens (tertiary/aromatic N) is 1. The maximum absolute atomic E-state index is 13.7. The molecule has 33 heavy (non-hydrogen) atoms. The van der Waals surface area contributed by atoms with E-state index in [-0.39, 0.29) is 23.4 Å². The Balaban J connectivity index is 1.78. The molecule has 1 amide bonds. The van der Waals surface area contributed by atoms with Crippen molar-refractivity contribution < 1.29 is 22.7 Å². The van der Waals surface area contributed by atoms with Gasteiger partial charge in [-0.1, -0.05) is 19.1 Å². The van der Waals surface area contributed by atoms with Crippen LogP contribution in [0.1, 0.15) is 39.3 Å². The maximum atomic E-state index is 13.7. The molecule has 0 aliphatic carbocycles. The first-order valence-corrected chi connectivity index (χ1v) is 12.9. The number of nitrogens with one attached hydrogen (secondary N) is 1. The number of carbonyl (C=O) groups is 1. The zero-order chi connectivity index (χ0) is 23.6. The average Bonchev–Trinajstić information content (AvgIpc) is 3.36. The molecule has 1 aromatic heterocycles. The Morgan fingerprint density at radius 3 is 2.55 bits per heavy atom. The highest BCUT2D eigenvalue weighted by molar-refractivity contribution is 7.89. The predicted molar refractivity (Wildman–Crippen MR) is 128 cm³/mol. The van der Waals surface area contributed by atoms with E-state index in [1.165, 1.54) is 12.1 Å². The van der Waals surface area contributed by atoms with Crippen molar-refractivity contribution in [3.63, 3.8) is 0 Å². The summed E-state index contributed by atoms with van der Waals surface area (Å²) < 4.78 is 38.4. The van der Waals surface area contributed by atoms with Crippen molar-refractivity contribution in [3.8, 4) is 11.5 Å². The molecule has 0 fully saturated rings. The smallest absolute Gasteiger partial charge is 0.254 e. The Morgan fingerprint density at radius 2 is 1.88 bits per heavy atom. The minimum absolute atomic E-state index is 0.0756. The van der Waals surface area contributed by atoms with Gasteiger partial charge in [0.25, 0.3) is 5.91 Å².